The molecule has 0 aromatic carbocycles. The molecule has 3 N–H and O–H groups in total. The van der Waals surface area contributed by atoms with Crippen molar-refractivity contribution in [2.24, 2.45) is 0 Å². The molecule has 0 aliphatic heterocycles. The Hall–Kier alpha value is -0.0400. The predicted molar refractivity (Wildman–Crippen MR) is 61.2 cm³/mol. The molecule has 2 atom stereocenters. The normalized spacial score (nSPS) is 15.6. The number of phosphoric ester groups is 1. The van der Waals surface area contributed by atoms with E-state index in [1.165, 1.54) is 6.92 Å². The van der Waals surface area contributed by atoms with Gasteiger partial charge in [-0.2, -0.15) is 0 Å². The molecule has 0 rings (SSSR count). The van der Waals surface area contributed by atoms with Gasteiger partial charge in [-0.05, 0) is 18.9 Å². The maximum absolute atomic E-state index is 11.2. The van der Waals surface area contributed by atoms with Crippen LogP contribution in [0.15, 0.2) is 12.2 Å². The zero-order valence-corrected chi connectivity index (χ0v) is 11.1. The number of rotatable bonds is 7. The molecule has 6 nitrogen and oxygen atoms in total. The fourth-order valence-electron chi connectivity index (χ4n) is 0.880. The number of phosphoric acid groups is 1. The number of ketones is 1. The molecule has 0 aromatic rings. The highest BCUT2D eigenvalue weighted by Crippen LogP contribution is 2.36. The third-order valence-corrected chi connectivity index (χ3v) is 2.75. The second kappa shape index (κ2) is 6.64. The minimum Gasteiger partial charge on any atom is -0.385 e. The van der Waals surface area contributed by atoms with Crippen molar-refractivity contribution in [3.8, 4) is 0 Å². The van der Waals surface area contributed by atoms with E-state index in [0.29, 0.717) is 0 Å². The summed E-state index contributed by atoms with van der Waals surface area (Å²) in [6.45, 7) is 4.56. The summed E-state index contributed by atoms with van der Waals surface area (Å²) in [5.41, 5.74) is 0.225. The molecule has 8 heteroatoms. The predicted octanol–water partition coefficient (Wildman–Crippen LogP) is 0.755. The number of alkyl halides is 1. The summed E-state index contributed by atoms with van der Waals surface area (Å²) >= 11 is 3.04. The highest BCUT2D eigenvalue weighted by atomic mass is 79.9. The standard InChI is InChI=1S/C8H14BrO6P/c1-5(2)8(11)7(10)3-6(9)4-15-16(12,13)14/h6-7,10H,1,3-4H2,2H3,(H2,12,13,14). The molecule has 16 heavy (non-hydrogen) atoms. The molecule has 0 fully saturated rings. The molecule has 0 saturated heterocycles. The van der Waals surface area contributed by atoms with Crippen LogP contribution in [0.1, 0.15) is 13.3 Å². The van der Waals surface area contributed by atoms with Crippen molar-refractivity contribution in [1.82, 2.24) is 0 Å². The monoisotopic (exact) mass is 316 g/mol. The highest BCUT2D eigenvalue weighted by Gasteiger charge is 2.22. The summed E-state index contributed by atoms with van der Waals surface area (Å²) in [6.07, 6.45) is -1.26. The van der Waals surface area contributed by atoms with Gasteiger partial charge in [0.25, 0.3) is 0 Å². The van der Waals surface area contributed by atoms with Crippen molar-refractivity contribution in [2.75, 3.05) is 6.61 Å². The minimum absolute atomic E-state index is 0.00824. The van der Waals surface area contributed by atoms with E-state index in [4.69, 9.17) is 9.79 Å². The van der Waals surface area contributed by atoms with Crippen LogP contribution in [0.3, 0.4) is 0 Å². The molecule has 0 amide bonds. The first kappa shape index (κ1) is 16.0. The molecule has 0 aromatic heterocycles. The molecule has 0 spiro atoms. The first-order chi connectivity index (χ1) is 7.13. The lowest BCUT2D eigenvalue weighted by molar-refractivity contribution is -0.123. The lowest BCUT2D eigenvalue weighted by Gasteiger charge is -2.14. The maximum atomic E-state index is 11.2. The summed E-state index contributed by atoms with van der Waals surface area (Å²) < 4.78 is 14.6. The van der Waals surface area contributed by atoms with Crippen molar-refractivity contribution in [2.45, 2.75) is 24.3 Å². The van der Waals surface area contributed by atoms with Crippen LogP contribution in [-0.2, 0) is 13.9 Å². The number of Topliss-reactive ketones (excluding diaryl/α,β-unsaturated/α-hetero) is 1. The first-order valence-corrected chi connectivity index (χ1v) is 6.80. The van der Waals surface area contributed by atoms with Crippen molar-refractivity contribution >= 4 is 29.5 Å². The van der Waals surface area contributed by atoms with Crippen molar-refractivity contribution in [3.05, 3.63) is 12.2 Å². The third-order valence-electron chi connectivity index (χ3n) is 1.63. The Balaban J connectivity index is 4.06. The van der Waals surface area contributed by atoms with Gasteiger partial charge in [0, 0.05) is 4.83 Å². The molecule has 2 unspecified atom stereocenters. The number of halogens is 1. The SMILES string of the molecule is C=C(C)C(=O)C(O)CC(Br)COP(=O)(O)O. The summed E-state index contributed by atoms with van der Waals surface area (Å²) in [5, 5.41) is 9.40. The topological polar surface area (TPSA) is 104 Å². The van der Waals surface area contributed by atoms with Gasteiger partial charge in [0.1, 0.15) is 6.10 Å². The fourth-order valence-corrected chi connectivity index (χ4v) is 1.94. The van der Waals surface area contributed by atoms with Crippen LogP contribution in [0.4, 0.5) is 0 Å². The van der Waals surface area contributed by atoms with E-state index in [1.807, 2.05) is 0 Å². The Kier molecular flexibility index (Phi) is 6.62. The van der Waals surface area contributed by atoms with Gasteiger partial charge in [0.05, 0.1) is 6.61 Å². The van der Waals surface area contributed by atoms with Crippen LogP contribution in [0.2, 0.25) is 0 Å². The molecule has 0 aliphatic carbocycles. The van der Waals surface area contributed by atoms with Gasteiger partial charge >= 0.3 is 7.82 Å². The zero-order chi connectivity index (χ0) is 12.9. The Morgan fingerprint density at radius 2 is 2.06 bits per heavy atom. The summed E-state index contributed by atoms with van der Waals surface area (Å²) in [4.78, 5) is 27.5. The van der Waals surface area contributed by atoms with Crippen LogP contribution >= 0.6 is 23.8 Å². The highest BCUT2D eigenvalue weighted by molar-refractivity contribution is 9.09. The quantitative estimate of drug-likeness (QED) is 0.364. The van der Waals surface area contributed by atoms with Crippen LogP contribution in [0.25, 0.3) is 0 Å². The van der Waals surface area contributed by atoms with Crippen LogP contribution in [0.5, 0.6) is 0 Å². The fraction of sp³-hybridized carbons (Fsp3) is 0.625. The number of carbonyl (C=O) groups is 1. The van der Waals surface area contributed by atoms with Gasteiger partial charge in [-0.3, -0.25) is 9.32 Å². The molecule has 0 radical (unpaired) electrons. The zero-order valence-electron chi connectivity index (χ0n) is 8.67. The largest absolute Gasteiger partial charge is 0.469 e. The molecular formula is C8H14BrO6P. The summed E-state index contributed by atoms with van der Waals surface area (Å²) in [6, 6.07) is 0. The molecule has 94 valence electrons. The molecule has 0 aliphatic rings. The average molecular weight is 317 g/mol. The van der Waals surface area contributed by atoms with E-state index in [-0.39, 0.29) is 18.6 Å². The van der Waals surface area contributed by atoms with Crippen LogP contribution < -0.4 is 0 Å². The molecule has 0 heterocycles. The Morgan fingerprint density at radius 1 is 1.56 bits per heavy atom. The van der Waals surface area contributed by atoms with Gasteiger partial charge in [-0.25, -0.2) is 4.57 Å². The van der Waals surface area contributed by atoms with Crippen molar-refractivity contribution < 1.29 is 28.8 Å². The van der Waals surface area contributed by atoms with Gasteiger partial charge in [-0.15, -0.1) is 0 Å². The Morgan fingerprint density at radius 3 is 2.44 bits per heavy atom. The number of hydrogen-bond acceptors (Lipinski definition) is 4. The van der Waals surface area contributed by atoms with Crippen molar-refractivity contribution in [3.63, 3.8) is 0 Å². The van der Waals surface area contributed by atoms with E-state index < -0.39 is 24.5 Å². The van der Waals surface area contributed by atoms with E-state index >= 15 is 0 Å². The van der Waals surface area contributed by atoms with E-state index in [1.54, 1.807) is 0 Å². The lowest BCUT2D eigenvalue weighted by Crippen LogP contribution is -2.26. The summed E-state index contributed by atoms with van der Waals surface area (Å²) in [5.74, 6) is -0.499. The second-order valence-electron chi connectivity index (χ2n) is 3.28. The Bertz CT molecular complexity index is 312. The molecule has 0 saturated carbocycles. The van der Waals surface area contributed by atoms with Gasteiger partial charge in [-0.1, -0.05) is 22.5 Å². The number of aliphatic hydroxyl groups excluding tert-OH is 1. The molecular weight excluding hydrogens is 303 g/mol. The van der Waals surface area contributed by atoms with Crippen LogP contribution in [0, 0.1) is 0 Å². The summed E-state index contributed by atoms with van der Waals surface area (Å²) in [7, 11) is -4.52. The smallest absolute Gasteiger partial charge is 0.385 e. The third kappa shape index (κ3) is 7.27. The average Bonchev–Trinajstić information content (AvgIpc) is 2.12. The van der Waals surface area contributed by atoms with E-state index in [9.17, 15) is 14.5 Å². The molecule has 0 bridgehead atoms. The van der Waals surface area contributed by atoms with E-state index in [2.05, 4.69) is 27.0 Å². The second-order valence-corrected chi connectivity index (χ2v) is 5.81. The maximum Gasteiger partial charge on any atom is 0.469 e. The Labute approximate surface area is 102 Å². The number of carbonyl (C=O) groups excluding carboxylic acids is 1. The van der Waals surface area contributed by atoms with Gasteiger partial charge < -0.3 is 14.9 Å². The van der Waals surface area contributed by atoms with E-state index in [0.717, 1.165) is 0 Å². The first-order valence-electron chi connectivity index (χ1n) is 4.35. The van der Waals surface area contributed by atoms with Gasteiger partial charge in [0.2, 0.25) is 0 Å². The minimum atomic E-state index is -4.52. The van der Waals surface area contributed by atoms with Crippen molar-refractivity contribution in [1.29, 1.82) is 0 Å². The van der Waals surface area contributed by atoms with Crippen LogP contribution in [-0.4, -0.2) is 38.2 Å². The number of hydrogen-bond donors (Lipinski definition) is 3. The number of aliphatic hydroxyl groups is 1. The van der Waals surface area contributed by atoms with Gasteiger partial charge in [0.15, 0.2) is 5.78 Å². The lowest BCUT2D eigenvalue weighted by atomic mass is 10.1.